The van der Waals surface area contributed by atoms with Crippen LogP contribution in [0, 0.1) is 0 Å². The quantitative estimate of drug-likeness (QED) is 0.607. The summed E-state index contributed by atoms with van der Waals surface area (Å²) in [6, 6.07) is 0. The van der Waals surface area contributed by atoms with E-state index in [2.05, 4.69) is 32.4 Å². The Balaban J connectivity index is 3.72. The topological polar surface area (TPSA) is 29.3 Å². The van der Waals surface area contributed by atoms with Gasteiger partial charge in [0, 0.05) is 18.6 Å². The summed E-state index contributed by atoms with van der Waals surface area (Å²) in [7, 11) is 2.06. The van der Waals surface area contributed by atoms with Crippen LogP contribution in [0.2, 0.25) is 0 Å². The van der Waals surface area contributed by atoms with Gasteiger partial charge in [-0.05, 0) is 20.4 Å². The molecule has 2 N–H and O–H groups in total. The lowest BCUT2D eigenvalue weighted by atomic mass is 10.0. The summed E-state index contributed by atoms with van der Waals surface area (Å²) in [4.78, 5) is 2.18. The minimum Gasteiger partial charge on any atom is -0.324 e. The molecule has 2 heteroatoms. The number of hydrogen-bond donors (Lipinski definition) is 1. The lowest BCUT2D eigenvalue weighted by Crippen LogP contribution is -2.46. The van der Waals surface area contributed by atoms with E-state index in [9.17, 15) is 0 Å². The highest BCUT2D eigenvalue weighted by atomic mass is 15.1. The Labute approximate surface area is 70.1 Å². The van der Waals surface area contributed by atoms with Gasteiger partial charge in [0.2, 0.25) is 0 Å². The molecule has 0 aromatic carbocycles. The predicted octanol–water partition coefficient (Wildman–Crippen LogP) is 1.23. The van der Waals surface area contributed by atoms with Crippen molar-refractivity contribution in [3.05, 3.63) is 12.7 Å². The second kappa shape index (κ2) is 4.52. The maximum atomic E-state index is 5.97. The van der Waals surface area contributed by atoms with Gasteiger partial charge < -0.3 is 10.6 Å². The van der Waals surface area contributed by atoms with Crippen LogP contribution in [0.3, 0.4) is 0 Å². The largest absolute Gasteiger partial charge is 0.324 e. The molecule has 0 saturated heterocycles. The first-order valence-corrected chi connectivity index (χ1v) is 4.10. The van der Waals surface area contributed by atoms with Crippen LogP contribution in [0.15, 0.2) is 12.7 Å². The SMILES string of the molecule is C=CCN(C)CC(C)(N)CC. The molecule has 0 aromatic heterocycles. The van der Waals surface area contributed by atoms with E-state index in [1.807, 2.05) is 6.08 Å². The van der Waals surface area contributed by atoms with Crippen LogP contribution in [-0.2, 0) is 0 Å². The molecule has 1 unspecified atom stereocenters. The summed E-state index contributed by atoms with van der Waals surface area (Å²) in [6.45, 7) is 9.70. The average molecular weight is 156 g/mol. The van der Waals surface area contributed by atoms with E-state index in [4.69, 9.17) is 5.73 Å². The van der Waals surface area contributed by atoms with E-state index in [-0.39, 0.29) is 5.54 Å². The van der Waals surface area contributed by atoms with Crippen molar-refractivity contribution in [3.8, 4) is 0 Å². The van der Waals surface area contributed by atoms with Gasteiger partial charge in [-0.1, -0.05) is 13.0 Å². The first kappa shape index (κ1) is 10.7. The fraction of sp³-hybridized carbons (Fsp3) is 0.778. The smallest absolute Gasteiger partial charge is 0.0252 e. The molecule has 0 rings (SSSR count). The molecule has 0 fully saturated rings. The van der Waals surface area contributed by atoms with Gasteiger partial charge in [0.05, 0.1) is 0 Å². The van der Waals surface area contributed by atoms with E-state index in [1.54, 1.807) is 0 Å². The van der Waals surface area contributed by atoms with Crippen molar-refractivity contribution in [3.63, 3.8) is 0 Å². The normalized spacial score (nSPS) is 16.5. The van der Waals surface area contributed by atoms with Gasteiger partial charge in [-0.15, -0.1) is 6.58 Å². The van der Waals surface area contributed by atoms with Gasteiger partial charge in [0.25, 0.3) is 0 Å². The second-order valence-electron chi connectivity index (χ2n) is 3.49. The highest BCUT2D eigenvalue weighted by molar-refractivity contribution is 4.82. The molecule has 66 valence electrons. The van der Waals surface area contributed by atoms with E-state index < -0.39 is 0 Å². The molecule has 0 saturated carbocycles. The van der Waals surface area contributed by atoms with Crippen molar-refractivity contribution in [1.82, 2.24) is 4.90 Å². The van der Waals surface area contributed by atoms with Crippen LogP contribution >= 0.6 is 0 Å². The maximum absolute atomic E-state index is 5.97. The molecule has 0 amide bonds. The second-order valence-corrected chi connectivity index (χ2v) is 3.49. The minimum absolute atomic E-state index is 0.0578. The first-order chi connectivity index (χ1) is 5.02. The van der Waals surface area contributed by atoms with Gasteiger partial charge in [0.15, 0.2) is 0 Å². The third-order valence-electron chi connectivity index (χ3n) is 1.88. The van der Waals surface area contributed by atoms with Crippen LogP contribution in [0.5, 0.6) is 0 Å². The van der Waals surface area contributed by atoms with E-state index in [0.717, 1.165) is 19.5 Å². The van der Waals surface area contributed by atoms with Gasteiger partial charge in [-0.3, -0.25) is 0 Å². The summed E-state index contributed by atoms with van der Waals surface area (Å²) in [5.74, 6) is 0. The lowest BCUT2D eigenvalue weighted by molar-refractivity contribution is 0.273. The Morgan fingerprint density at radius 3 is 2.55 bits per heavy atom. The summed E-state index contributed by atoms with van der Waals surface area (Å²) in [6.07, 6.45) is 2.90. The molecule has 0 bridgehead atoms. The molecule has 0 spiro atoms. The molecular formula is C9H20N2. The molecule has 11 heavy (non-hydrogen) atoms. The molecular weight excluding hydrogens is 136 g/mol. The van der Waals surface area contributed by atoms with Crippen LogP contribution in [0.4, 0.5) is 0 Å². The minimum atomic E-state index is -0.0578. The average Bonchev–Trinajstić information content (AvgIpc) is 1.87. The Morgan fingerprint density at radius 1 is 1.64 bits per heavy atom. The highest BCUT2D eigenvalue weighted by Crippen LogP contribution is 2.05. The van der Waals surface area contributed by atoms with Crippen molar-refractivity contribution in [2.75, 3.05) is 20.1 Å². The highest BCUT2D eigenvalue weighted by Gasteiger charge is 2.16. The third kappa shape index (κ3) is 4.99. The number of nitrogens with two attached hydrogens (primary N) is 1. The van der Waals surface area contributed by atoms with Crippen LogP contribution in [0.25, 0.3) is 0 Å². The molecule has 0 radical (unpaired) electrons. The lowest BCUT2D eigenvalue weighted by Gasteiger charge is -2.28. The van der Waals surface area contributed by atoms with Crippen molar-refractivity contribution in [2.24, 2.45) is 5.73 Å². The molecule has 0 aliphatic rings. The van der Waals surface area contributed by atoms with Crippen LogP contribution in [-0.4, -0.2) is 30.6 Å². The Morgan fingerprint density at radius 2 is 2.18 bits per heavy atom. The summed E-state index contributed by atoms with van der Waals surface area (Å²) < 4.78 is 0. The molecule has 1 atom stereocenters. The van der Waals surface area contributed by atoms with E-state index in [1.165, 1.54) is 0 Å². The van der Waals surface area contributed by atoms with Crippen molar-refractivity contribution in [2.45, 2.75) is 25.8 Å². The van der Waals surface area contributed by atoms with E-state index >= 15 is 0 Å². The van der Waals surface area contributed by atoms with Gasteiger partial charge in [0.1, 0.15) is 0 Å². The zero-order valence-electron chi connectivity index (χ0n) is 7.93. The number of likely N-dealkylation sites (N-methyl/N-ethyl adjacent to an activating group) is 1. The molecule has 0 aromatic rings. The molecule has 2 nitrogen and oxygen atoms in total. The fourth-order valence-corrected chi connectivity index (χ4v) is 1.01. The zero-order valence-corrected chi connectivity index (χ0v) is 7.93. The van der Waals surface area contributed by atoms with Crippen molar-refractivity contribution >= 4 is 0 Å². The van der Waals surface area contributed by atoms with Crippen LogP contribution in [0.1, 0.15) is 20.3 Å². The van der Waals surface area contributed by atoms with Crippen molar-refractivity contribution in [1.29, 1.82) is 0 Å². The van der Waals surface area contributed by atoms with Crippen molar-refractivity contribution < 1.29 is 0 Å². The van der Waals surface area contributed by atoms with Gasteiger partial charge in [-0.2, -0.15) is 0 Å². The van der Waals surface area contributed by atoms with Crippen LogP contribution < -0.4 is 5.73 Å². The molecule has 0 heterocycles. The summed E-state index contributed by atoms with van der Waals surface area (Å²) >= 11 is 0. The maximum Gasteiger partial charge on any atom is 0.0252 e. The number of rotatable bonds is 5. The number of nitrogens with zero attached hydrogens (tertiary/aromatic N) is 1. The van der Waals surface area contributed by atoms with E-state index in [0.29, 0.717) is 0 Å². The Kier molecular flexibility index (Phi) is 4.38. The Hall–Kier alpha value is -0.340. The van der Waals surface area contributed by atoms with Gasteiger partial charge in [-0.25, -0.2) is 0 Å². The predicted molar refractivity (Wildman–Crippen MR) is 50.6 cm³/mol. The molecule has 0 aliphatic heterocycles. The fourth-order valence-electron chi connectivity index (χ4n) is 1.01. The Bertz CT molecular complexity index is 119. The monoisotopic (exact) mass is 156 g/mol. The zero-order chi connectivity index (χ0) is 8.91. The third-order valence-corrected chi connectivity index (χ3v) is 1.88. The first-order valence-electron chi connectivity index (χ1n) is 4.10. The molecule has 0 aliphatic carbocycles. The van der Waals surface area contributed by atoms with Gasteiger partial charge >= 0.3 is 0 Å². The number of hydrogen-bond acceptors (Lipinski definition) is 2. The summed E-state index contributed by atoms with van der Waals surface area (Å²) in [5, 5.41) is 0. The standard InChI is InChI=1S/C9H20N2/c1-5-7-11(4)8-9(3,10)6-2/h5H,1,6-8,10H2,2-4H3. The summed E-state index contributed by atoms with van der Waals surface area (Å²) in [5.41, 5.74) is 5.91.